The van der Waals surface area contributed by atoms with Crippen LogP contribution in [0.5, 0.6) is 0 Å². The highest BCUT2D eigenvalue weighted by molar-refractivity contribution is 7.91. The van der Waals surface area contributed by atoms with Crippen LogP contribution >= 0.6 is 0 Å². The number of hydrogen-bond donors (Lipinski definition) is 1. The molecule has 0 heterocycles. The van der Waals surface area contributed by atoms with Crippen molar-refractivity contribution >= 4 is 9.84 Å². The predicted octanol–water partition coefficient (Wildman–Crippen LogP) is 2.22. The SMILES string of the molecule is NCCCCS(=O)(=O)c1cccc(C(F)(F)F)c1. The van der Waals surface area contributed by atoms with Crippen molar-refractivity contribution in [2.45, 2.75) is 23.9 Å². The first-order valence-corrected chi connectivity index (χ1v) is 7.02. The molecule has 0 aliphatic heterocycles. The second-order valence-corrected chi connectivity index (χ2v) is 5.95. The van der Waals surface area contributed by atoms with Gasteiger partial charge in [-0.05, 0) is 37.6 Å². The fraction of sp³-hybridized carbons (Fsp3) is 0.455. The zero-order valence-corrected chi connectivity index (χ0v) is 10.4. The maximum Gasteiger partial charge on any atom is 0.416 e. The number of halogens is 3. The Balaban J connectivity index is 2.96. The summed E-state index contributed by atoms with van der Waals surface area (Å²) < 4.78 is 60.9. The molecular formula is C11H14F3NO2S. The summed E-state index contributed by atoms with van der Waals surface area (Å²) in [5.41, 5.74) is 4.28. The molecule has 0 radical (unpaired) electrons. The number of unbranched alkanes of at least 4 members (excludes halogenated alkanes) is 1. The van der Waals surface area contributed by atoms with Crippen LogP contribution in [0.25, 0.3) is 0 Å². The Morgan fingerprint density at radius 3 is 2.39 bits per heavy atom. The van der Waals surface area contributed by atoms with Crippen molar-refractivity contribution in [3.8, 4) is 0 Å². The summed E-state index contributed by atoms with van der Waals surface area (Å²) in [6.07, 6.45) is -3.67. The Hall–Kier alpha value is -1.08. The number of nitrogens with two attached hydrogens (primary N) is 1. The largest absolute Gasteiger partial charge is 0.416 e. The molecule has 1 aromatic rings. The van der Waals surface area contributed by atoms with E-state index < -0.39 is 21.6 Å². The molecular weight excluding hydrogens is 267 g/mol. The number of alkyl halides is 3. The van der Waals surface area contributed by atoms with Gasteiger partial charge in [-0.2, -0.15) is 13.2 Å². The van der Waals surface area contributed by atoms with Crippen LogP contribution in [-0.4, -0.2) is 20.7 Å². The summed E-state index contributed by atoms with van der Waals surface area (Å²) in [5, 5.41) is 0. The van der Waals surface area contributed by atoms with Crippen molar-refractivity contribution in [2.75, 3.05) is 12.3 Å². The Labute approximate surface area is 104 Å². The van der Waals surface area contributed by atoms with Crippen LogP contribution in [0.2, 0.25) is 0 Å². The van der Waals surface area contributed by atoms with Gasteiger partial charge < -0.3 is 5.73 Å². The smallest absolute Gasteiger partial charge is 0.330 e. The first-order chi connectivity index (χ1) is 8.27. The van der Waals surface area contributed by atoms with E-state index in [1.165, 1.54) is 6.07 Å². The molecule has 0 amide bonds. The van der Waals surface area contributed by atoms with Crippen LogP contribution in [0, 0.1) is 0 Å². The number of rotatable bonds is 5. The molecule has 0 fully saturated rings. The van der Waals surface area contributed by atoms with Crippen LogP contribution in [-0.2, 0) is 16.0 Å². The molecule has 3 nitrogen and oxygen atoms in total. The van der Waals surface area contributed by atoms with E-state index in [1.807, 2.05) is 0 Å². The highest BCUT2D eigenvalue weighted by Crippen LogP contribution is 2.30. The molecule has 0 saturated carbocycles. The van der Waals surface area contributed by atoms with Crippen molar-refractivity contribution in [2.24, 2.45) is 5.73 Å². The lowest BCUT2D eigenvalue weighted by molar-refractivity contribution is -0.137. The van der Waals surface area contributed by atoms with Crippen molar-refractivity contribution in [3.05, 3.63) is 29.8 Å². The molecule has 102 valence electrons. The fourth-order valence-electron chi connectivity index (χ4n) is 1.42. The molecule has 0 saturated heterocycles. The standard InChI is InChI=1S/C11H14F3NO2S/c12-11(13,14)9-4-3-5-10(8-9)18(16,17)7-2-1-6-15/h3-5,8H,1-2,6-7,15H2. The number of sulfone groups is 1. The molecule has 7 heteroatoms. The minimum atomic E-state index is -4.54. The first-order valence-electron chi connectivity index (χ1n) is 5.37. The van der Waals surface area contributed by atoms with Crippen molar-refractivity contribution in [3.63, 3.8) is 0 Å². The van der Waals surface area contributed by atoms with Crippen LogP contribution in [0.15, 0.2) is 29.2 Å². The van der Waals surface area contributed by atoms with E-state index >= 15 is 0 Å². The molecule has 0 bridgehead atoms. The maximum absolute atomic E-state index is 12.5. The minimum absolute atomic E-state index is 0.189. The summed E-state index contributed by atoms with van der Waals surface area (Å²) >= 11 is 0. The summed E-state index contributed by atoms with van der Waals surface area (Å²) in [6.45, 7) is 0.359. The van der Waals surface area contributed by atoms with E-state index in [-0.39, 0.29) is 10.6 Å². The van der Waals surface area contributed by atoms with E-state index in [9.17, 15) is 21.6 Å². The average Bonchev–Trinajstić information content (AvgIpc) is 2.28. The summed E-state index contributed by atoms with van der Waals surface area (Å²) in [7, 11) is -3.67. The summed E-state index contributed by atoms with van der Waals surface area (Å²) in [5.74, 6) is -0.189. The van der Waals surface area contributed by atoms with E-state index in [0.717, 1.165) is 12.1 Å². The van der Waals surface area contributed by atoms with Crippen molar-refractivity contribution < 1.29 is 21.6 Å². The maximum atomic E-state index is 12.5. The zero-order valence-electron chi connectivity index (χ0n) is 9.57. The van der Waals surface area contributed by atoms with Crippen molar-refractivity contribution in [1.29, 1.82) is 0 Å². The number of hydrogen-bond acceptors (Lipinski definition) is 3. The van der Waals surface area contributed by atoms with Gasteiger partial charge in [-0.3, -0.25) is 0 Å². The Morgan fingerprint density at radius 2 is 1.83 bits per heavy atom. The molecule has 0 spiro atoms. The molecule has 0 aromatic heterocycles. The Morgan fingerprint density at radius 1 is 1.17 bits per heavy atom. The van der Waals surface area contributed by atoms with Crippen LogP contribution in [0.1, 0.15) is 18.4 Å². The molecule has 0 aliphatic carbocycles. The van der Waals surface area contributed by atoms with Crippen molar-refractivity contribution in [1.82, 2.24) is 0 Å². The van der Waals surface area contributed by atoms with Crippen LogP contribution < -0.4 is 5.73 Å². The third-order valence-electron chi connectivity index (χ3n) is 2.39. The van der Waals surface area contributed by atoms with E-state index in [0.29, 0.717) is 25.5 Å². The van der Waals surface area contributed by atoms with E-state index in [4.69, 9.17) is 5.73 Å². The quantitative estimate of drug-likeness (QED) is 0.842. The topological polar surface area (TPSA) is 60.2 Å². The normalized spacial score (nSPS) is 12.7. The summed E-state index contributed by atoms with van der Waals surface area (Å²) in [4.78, 5) is -0.297. The van der Waals surface area contributed by atoms with Crippen LogP contribution in [0.3, 0.4) is 0 Å². The van der Waals surface area contributed by atoms with Gasteiger partial charge in [0, 0.05) is 0 Å². The molecule has 2 N–H and O–H groups in total. The fourth-order valence-corrected chi connectivity index (χ4v) is 2.83. The minimum Gasteiger partial charge on any atom is -0.330 e. The monoisotopic (exact) mass is 281 g/mol. The van der Waals surface area contributed by atoms with E-state index in [1.54, 1.807) is 0 Å². The van der Waals surface area contributed by atoms with Gasteiger partial charge in [0.1, 0.15) is 0 Å². The third-order valence-corrected chi connectivity index (χ3v) is 4.19. The first kappa shape index (κ1) is 15.0. The van der Waals surface area contributed by atoms with Gasteiger partial charge in [0.2, 0.25) is 0 Å². The van der Waals surface area contributed by atoms with Gasteiger partial charge >= 0.3 is 6.18 Å². The second kappa shape index (κ2) is 5.71. The lowest BCUT2D eigenvalue weighted by Crippen LogP contribution is -2.11. The lowest BCUT2D eigenvalue weighted by atomic mass is 10.2. The molecule has 0 unspecified atom stereocenters. The van der Waals surface area contributed by atoms with Gasteiger partial charge in [-0.15, -0.1) is 0 Å². The van der Waals surface area contributed by atoms with Gasteiger partial charge in [0.25, 0.3) is 0 Å². The summed E-state index contributed by atoms with van der Waals surface area (Å²) in [6, 6.07) is 3.78. The highest BCUT2D eigenvalue weighted by Gasteiger charge is 2.31. The molecule has 0 aliphatic rings. The molecule has 18 heavy (non-hydrogen) atoms. The van der Waals surface area contributed by atoms with Crippen LogP contribution in [0.4, 0.5) is 13.2 Å². The van der Waals surface area contributed by atoms with Gasteiger partial charge in [0.05, 0.1) is 16.2 Å². The Kier molecular flexibility index (Phi) is 4.75. The highest BCUT2D eigenvalue weighted by atomic mass is 32.2. The predicted molar refractivity (Wildman–Crippen MR) is 61.8 cm³/mol. The third kappa shape index (κ3) is 3.99. The van der Waals surface area contributed by atoms with E-state index in [2.05, 4.69) is 0 Å². The second-order valence-electron chi connectivity index (χ2n) is 3.84. The zero-order chi connectivity index (χ0) is 13.8. The van der Waals surface area contributed by atoms with Gasteiger partial charge in [0.15, 0.2) is 9.84 Å². The average molecular weight is 281 g/mol. The Bertz CT molecular complexity index is 497. The molecule has 1 aromatic carbocycles. The molecule has 1 rings (SSSR count). The lowest BCUT2D eigenvalue weighted by Gasteiger charge is -2.09. The molecule has 0 atom stereocenters. The van der Waals surface area contributed by atoms with Gasteiger partial charge in [-0.25, -0.2) is 8.42 Å². The van der Waals surface area contributed by atoms with Gasteiger partial charge in [-0.1, -0.05) is 6.07 Å². The number of benzene rings is 1.